The molecule has 3 aromatic carbocycles. The van der Waals surface area contributed by atoms with E-state index in [0.717, 1.165) is 10.0 Å². The lowest BCUT2D eigenvalue weighted by atomic mass is 10.1. The maximum Gasteiger partial charge on any atom is 0.343 e. The lowest BCUT2D eigenvalue weighted by molar-refractivity contribution is 0.0734. The molecule has 0 saturated heterocycles. The molecule has 0 aliphatic heterocycles. The fraction of sp³-hybridized carbons (Fsp3) is 0.0455. The van der Waals surface area contributed by atoms with Gasteiger partial charge in [-0.2, -0.15) is 5.10 Å². The number of hydrogen-bond acceptors (Lipinski definition) is 4. The third kappa shape index (κ3) is 5.14. The van der Waals surface area contributed by atoms with Crippen molar-refractivity contribution < 1.29 is 14.3 Å². The van der Waals surface area contributed by atoms with Gasteiger partial charge in [-0.05, 0) is 49.4 Å². The molecule has 0 aliphatic carbocycles. The number of nitrogens with zero attached hydrogens (tertiary/aromatic N) is 1. The minimum atomic E-state index is -0.471. The molecule has 0 heterocycles. The lowest BCUT2D eigenvalue weighted by Gasteiger charge is -2.08. The predicted molar refractivity (Wildman–Crippen MR) is 112 cm³/mol. The van der Waals surface area contributed by atoms with Crippen LogP contribution < -0.4 is 10.2 Å². The highest BCUT2D eigenvalue weighted by Crippen LogP contribution is 2.23. The SMILES string of the molecule is Cc1ccc(C(=O)N/N=C\c2cc(Br)ccc2OC(=O)c2ccccc2)cc1. The van der Waals surface area contributed by atoms with Crippen LogP contribution in [0.2, 0.25) is 0 Å². The van der Waals surface area contributed by atoms with E-state index < -0.39 is 5.97 Å². The van der Waals surface area contributed by atoms with Crippen molar-refractivity contribution in [3.8, 4) is 5.75 Å². The molecule has 1 N–H and O–H groups in total. The summed E-state index contributed by atoms with van der Waals surface area (Å²) in [6.07, 6.45) is 1.43. The van der Waals surface area contributed by atoms with Crippen LogP contribution in [0, 0.1) is 6.92 Å². The van der Waals surface area contributed by atoms with E-state index in [0.29, 0.717) is 22.4 Å². The molecular weight excluding hydrogens is 420 g/mol. The zero-order chi connectivity index (χ0) is 19.9. The smallest absolute Gasteiger partial charge is 0.343 e. The molecule has 0 saturated carbocycles. The summed E-state index contributed by atoms with van der Waals surface area (Å²) in [5.74, 6) is -0.458. The maximum absolute atomic E-state index is 12.3. The number of amides is 1. The van der Waals surface area contributed by atoms with Crippen LogP contribution in [-0.4, -0.2) is 18.1 Å². The average molecular weight is 437 g/mol. The molecule has 0 aromatic heterocycles. The third-order valence-corrected chi connectivity index (χ3v) is 4.36. The summed E-state index contributed by atoms with van der Waals surface area (Å²) in [4.78, 5) is 24.4. The molecule has 0 fully saturated rings. The monoisotopic (exact) mass is 436 g/mol. The topological polar surface area (TPSA) is 67.8 Å². The van der Waals surface area contributed by atoms with Crippen molar-refractivity contribution in [2.45, 2.75) is 6.92 Å². The normalized spacial score (nSPS) is 10.6. The van der Waals surface area contributed by atoms with E-state index in [1.54, 1.807) is 54.6 Å². The average Bonchev–Trinajstić information content (AvgIpc) is 2.71. The van der Waals surface area contributed by atoms with Crippen molar-refractivity contribution >= 4 is 34.0 Å². The number of halogens is 1. The van der Waals surface area contributed by atoms with Crippen LogP contribution in [0.1, 0.15) is 31.8 Å². The molecule has 0 unspecified atom stereocenters. The van der Waals surface area contributed by atoms with E-state index in [2.05, 4.69) is 26.5 Å². The van der Waals surface area contributed by atoms with Gasteiger partial charge in [0.05, 0.1) is 11.8 Å². The number of rotatable bonds is 5. The van der Waals surface area contributed by atoms with Gasteiger partial charge in [0.1, 0.15) is 5.75 Å². The van der Waals surface area contributed by atoms with Gasteiger partial charge >= 0.3 is 5.97 Å². The molecule has 1 amide bonds. The number of aryl methyl sites for hydroxylation is 1. The maximum atomic E-state index is 12.3. The summed E-state index contributed by atoms with van der Waals surface area (Å²) >= 11 is 3.38. The first-order chi connectivity index (χ1) is 13.5. The quantitative estimate of drug-likeness (QED) is 0.271. The predicted octanol–water partition coefficient (Wildman–Crippen LogP) is 4.74. The second-order valence-electron chi connectivity index (χ2n) is 6.00. The Kier molecular flexibility index (Phi) is 6.34. The number of carbonyl (C=O) groups excluding carboxylic acids is 2. The first-order valence-electron chi connectivity index (χ1n) is 8.50. The van der Waals surface area contributed by atoms with Crippen LogP contribution in [0.4, 0.5) is 0 Å². The van der Waals surface area contributed by atoms with Gasteiger partial charge in [-0.15, -0.1) is 0 Å². The second-order valence-corrected chi connectivity index (χ2v) is 6.92. The Morgan fingerprint density at radius 1 is 0.964 bits per heavy atom. The van der Waals surface area contributed by atoms with E-state index in [1.165, 1.54) is 6.21 Å². The van der Waals surface area contributed by atoms with Crippen LogP contribution in [0.3, 0.4) is 0 Å². The number of benzene rings is 3. The van der Waals surface area contributed by atoms with Crippen LogP contribution in [0.15, 0.2) is 82.4 Å². The highest BCUT2D eigenvalue weighted by Gasteiger charge is 2.11. The molecule has 0 radical (unpaired) electrons. The van der Waals surface area contributed by atoms with Gasteiger partial charge in [-0.1, -0.05) is 51.8 Å². The Hall–Kier alpha value is -3.25. The Bertz CT molecular complexity index is 1020. The van der Waals surface area contributed by atoms with Crippen molar-refractivity contribution in [2.75, 3.05) is 0 Å². The molecule has 140 valence electrons. The van der Waals surface area contributed by atoms with E-state index in [-0.39, 0.29) is 5.91 Å². The lowest BCUT2D eigenvalue weighted by Crippen LogP contribution is -2.17. The van der Waals surface area contributed by atoms with Gasteiger partial charge in [0.2, 0.25) is 0 Å². The first kappa shape index (κ1) is 19.5. The summed E-state index contributed by atoms with van der Waals surface area (Å²) in [5.41, 5.74) is 5.04. The van der Waals surface area contributed by atoms with Gasteiger partial charge in [-0.25, -0.2) is 10.2 Å². The van der Waals surface area contributed by atoms with Crippen molar-refractivity contribution in [2.24, 2.45) is 5.10 Å². The Morgan fingerprint density at radius 3 is 2.39 bits per heavy atom. The molecule has 3 rings (SSSR count). The van der Waals surface area contributed by atoms with Crippen molar-refractivity contribution in [3.05, 3.63) is 99.5 Å². The molecule has 3 aromatic rings. The minimum absolute atomic E-state index is 0.325. The second kappa shape index (κ2) is 9.10. The van der Waals surface area contributed by atoms with E-state index in [9.17, 15) is 9.59 Å². The van der Waals surface area contributed by atoms with Gasteiger partial charge in [0.15, 0.2) is 0 Å². The summed E-state index contributed by atoms with van der Waals surface area (Å²) in [7, 11) is 0. The molecule has 0 aliphatic rings. The standard InChI is InChI=1S/C22H17BrN2O3/c1-15-7-9-16(10-8-15)21(26)25-24-14-18-13-19(23)11-12-20(18)28-22(27)17-5-3-2-4-6-17/h2-14H,1H3,(H,25,26)/b24-14-. The van der Waals surface area contributed by atoms with Crippen LogP contribution >= 0.6 is 15.9 Å². The highest BCUT2D eigenvalue weighted by molar-refractivity contribution is 9.10. The summed E-state index contributed by atoms with van der Waals surface area (Å²) in [6, 6.07) is 21.0. The zero-order valence-corrected chi connectivity index (χ0v) is 16.6. The number of ether oxygens (including phenoxy) is 1. The number of hydrogen-bond donors (Lipinski definition) is 1. The molecule has 0 spiro atoms. The minimum Gasteiger partial charge on any atom is -0.422 e. The molecule has 6 heteroatoms. The Labute approximate surface area is 171 Å². The fourth-order valence-electron chi connectivity index (χ4n) is 2.38. The van der Waals surface area contributed by atoms with Crippen LogP contribution in [0.5, 0.6) is 5.75 Å². The van der Waals surface area contributed by atoms with Crippen LogP contribution in [0.25, 0.3) is 0 Å². The molecule has 0 bridgehead atoms. The summed E-state index contributed by atoms with van der Waals surface area (Å²) in [5, 5.41) is 3.99. The largest absolute Gasteiger partial charge is 0.422 e. The van der Waals surface area contributed by atoms with Gasteiger partial charge in [-0.3, -0.25) is 4.79 Å². The molecule has 5 nitrogen and oxygen atoms in total. The third-order valence-electron chi connectivity index (χ3n) is 3.87. The van der Waals surface area contributed by atoms with Gasteiger partial charge in [0, 0.05) is 15.6 Å². The highest BCUT2D eigenvalue weighted by atomic mass is 79.9. The van der Waals surface area contributed by atoms with Crippen molar-refractivity contribution in [1.29, 1.82) is 0 Å². The van der Waals surface area contributed by atoms with Gasteiger partial charge < -0.3 is 4.74 Å². The summed E-state index contributed by atoms with van der Waals surface area (Å²) in [6.45, 7) is 1.95. The van der Waals surface area contributed by atoms with E-state index >= 15 is 0 Å². The Morgan fingerprint density at radius 2 is 1.68 bits per heavy atom. The van der Waals surface area contributed by atoms with Crippen molar-refractivity contribution in [1.82, 2.24) is 5.43 Å². The molecule has 0 atom stereocenters. The number of nitrogens with one attached hydrogen (secondary N) is 1. The van der Waals surface area contributed by atoms with Crippen molar-refractivity contribution in [3.63, 3.8) is 0 Å². The number of esters is 1. The Balaban J connectivity index is 1.73. The fourth-order valence-corrected chi connectivity index (χ4v) is 2.75. The molecular formula is C22H17BrN2O3. The summed E-state index contributed by atoms with van der Waals surface area (Å²) < 4.78 is 6.27. The van der Waals surface area contributed by atoms with E-state index in [1.807, 2.05) is 25.1 Å². The number of hydrazone groups is 1. The zero-order valence-electron chi connectivity index (χ0n) is 15.1. The number of carbonyl (C=O) groups is 2. The van der Waals surface area contributed by atoms with Gasteiger partial charge in [0.25, 0.3) is 5.91 Å². The van der Waals surface area contributed by atoms with E-state index in [4.69, 9.17) is 4.74 Å². The van der Waals surface area contributed by atoms with Crippen LogP contribution in [-0.2, 0) is 0 Å². The molecule has 28 heavy (non-hydrogen) atoms. The first-order valence-corrected chi connectivity index (χ1v) is 9.29.